The summed E-state index contributed by atoms with van der Waals surface area (Å²) in [5, 5.41) is 9.75. The highest BCUT2D eigenvalue weighted by atomic mass is 32.2. The highest BCUT2D eigenvalue weighted by molar-refractivity contribution is 7.84. The lowest BCUT2D eigenvalue weighted by Crippen LogP contribution is -2.57. The number of piperidine rings is 1. The molecule has 28 heavy (non-hydrogen) atoms. The van der Waals surface area contributed by atoms with Gasteiger partial charge in [-0.1, -0.05) is 20.8 Å². The van der Waals surface area contributed by atoms with Gasteiger partial charge in [0.2, 0.25) is 0 Å². The Morgan fingerprint density at radius 1 is 1.32 bits per heavy atom. The number of carboxylic acid groups (broad SMARTS) is 1. The van der Waals surface area contributed by atoms with Gasteiger partial charge >= 0.3 is 6.09 Å². The Kier molecular flexibility index (Phi) is 5.38. The van der Waals surface area contributed by atoms with Gasteiger partial charge < -0.3 is 10.0 Å². The maximum Gasteiger partial charge on any atom is 0.407 e. The van der Waals surface area contributed by atoms with Gasteiger partial charge in [-0.3, -0.25) is 4.98 Å². The second kappa shape index (κ2) is 7.10. The average Bonchev–Trinajstić information content (AvgIpc) is 2.86. The summed E-state index contributed by atoms with van der Waals surface area (Å²) in [4.78, 5) is 17.8. The van der Waals surface area contributed by atoms with Crippen LogP contribution >= 0.6 is 0 Å². The van der Waals surface area contributed by atoms with Gasteiger partial charge in [-0.2, -0.15) is 0 Å². The highest BCUT2D eigenvalue weighted by Gasteiger charge is 2.53. The van der Waals surface area contributed by atoms with Crippen LogP contribution < -0.4 is 4.72 Å². The van der Waals surface area contributed by atoms with Crippen LogP contribution in [0.5, 0.6) is 0 Å². The van der Waals surface area contributed by atoms with Crippen LogP contribution in [0.4, 0.5) is 4.79 Å². The predicted molar refractivity (Wildman–Crippen MR) is 111 cm³/mol. The number of amides is 1. The van der Waals surface area contributed by atoms with Crippen LogP contribution in [0.2, 0.25) is 0 Å². The van der Waals surface area contributed by atoms with E-state index in [-0.39, 0.29) is 27.7 Å². The third-order valence-corrected chi connectivity index (χ3v) is 7.82. The fraction of sp³-hybridized carbons (Fsp3) is 0.714. The molecule has 6 nitrogen and oxygen atoms in total. The minimum atomic E-state index is -1.21. The van der Waals surface area contributed by atoms with Crippen molar-refractivity contribution in [3.8, 4) is 0 Å². The summed E-state index contributed by atoms with van der Waals surface area (Å²) in [6.07, 6.45) is 5.19. The molecule has 7 heteroatoms. The standard InChI is InChI=1S/C21H33N3O3S/c1-19(2,3)16-12-21(8-10-24(16)18(25)26)11-14-13-22-9-7-15(14)17(21)23-28(27)20(4,5)6/h7,9,13,16-17,23H,8,10-12H2,1-6H3,(H,25,26)/t16-,17?,21?,28+/m0/s1. The van der Waals surface area contributed by atoms with E-state index in [1.807, 2.05) is 33.0 Å². The largest absolute Gasteiger partial charge is 0.465 e. The quantitative estimate of drug-likeness (QED) is 0.779. The fourth-order valence-electron chi connectivity index (χ4n) is 4.67. The molecule has 1 saturated heterocycles. The predicted octanol–water partition coefficient (Wildman–Crippen LogP) is 3.91. The van der Waals surface area contributed by atoms with Crippen molar-refractivity contribution in [2.24, 2.45) is 10.8 Å². The minimum absolute atomic E-state index is 0.0636. The number of rotatable bonds is 2. The number of nitrogens with one attached hydrogen (secondary N) is 1. The number of fused-ring (bicyclic) bond motifs is 1. The van der Waals surface area contributed by atoms with E-state index >= 15 is 0 Å². The molecule has 1 aromatic rings. The van der Waals surface area contributed by atoms with Crippen LogP contribution in [0.15, 0.2) is 18.5 Å². The first kappa shape index (κ1) is 21.2. The van der Waals surface area contributed by atoms with Crippen LogP contribution in [0, 0.1) is 10.8 Å². The maximum atomic E-state index is 13.0. The number of carbonyl (C=O) groups is 1. The molecular formula is C21H33N3O3S. The molecule has 2 unspecified atom stereocenters. The summed E-state index contributed by atoms with van der Waals surface area (Å²) in [5.74, 6) is 0. The Labute approximate surface area is 170 Å². The third kappa shape index (κ3) is 3.83. The van der Waals surface area contributed by atoms with E-state index in [2.05, 4.69) is 30.5 Å². The minimum Gasteiger partial charge on any atom is -0.465 e. The summed E-state index contributed by atoms with van der Waals surface area (Å²) in [6, 6.07) is 1.87. The van der Waals surface area contributed by atoms with Gasteiger partial charge in [0, 0.05) is 25.0 Å². The number of nitrogens with zero attached hydrogens (tertiary/aromatic N) is 2. The topological polar surface area (TPSA) is 82.5 Å². The summed E-state index contributed by atoms with van der Waals surface area (Å²) in [5.41, 5.74) is 2.01. The first-order chi connectivity index (χ1) is 12.8. The Balaban J connectivity index is 2.00. The van der Waals surface area contributed by atoms with Crippen LogP contribution in [0.3, 0.4) is 0 Å². The van der Waals surface area contributed by atoms with Gasteiger partial charge in [0.1, 0.15) is 0 Å². The number of hydrogen-bond donors (Lipinski definition) is 2. The molecule has 1 aliphatic heterocycles. The van der Waals surface area contributed by atoms with Gasteiger partial charge in [-0.25, -0.2) is 13.7 Å². The second-order valence-electron chi connectivity index (χ2n) is 10.4. The number of aromatic nitrogens is 1. The molecule has 156 valence electrons. The molecule has 2 N–H and O–H groups in total. The zero-order valence-electron chi connectivity index (χ0n) is 17.8. The molecule has 0 bridgehead atoms. The molecule has 1 fully saturated rings. The summed E-state index contributed by atoms with van der Waals surface area (Å²) in [6.45, 7) is 12.7. The molecule has 1 amide bonds. The number of hydrogen-bond acceptors (Lipinski definition) is 3. The van der Waals surface area contributed by atoms with E-state index in [4.69, 9.17) is 0 Å². The van der Waals surface area contributed by atoms with Crippen LogP contribution in [0.25, 0.3) is 0 Å². The Hall–Kier alpha value is -1.47. The summed E-state index contributed by atoms with van der Waals surface area (Å²) < 4.78 is 16.0. The maximum absolute atomic E-state index is 13.0. The molecule has 2 aliphatic rings. The smallest absolute Gasteiger partial charge is 0.407 e. The van der Waals surface area contributed by atoms with Gasteiger partial charge in [-0.15, -0.1) is 0 Å². The van der Waals surface area contributed by atoms with E-state index in [1.165, 1.54) is 5.56 Å². The monoisotopic (exact) mass is 407 g/mol. The molecule has 0 saturated carbocycles. The van der Waals surface area contributed by atoms with E-state index in [0.717, 1.165) is 24.8 Å². The van der Waals surface area contributed by atoms with Crippen molar-refractivity contribution in [1.29, 1.82) is 0 Å². The lowest BCUT2D eigenvalue weighted by atomic mass is 9.66. The van der Waals surface area contributed by atoms with Crippen molar-refractivity contribution in [3.05, 3.63) is 29.6 Å². The molecule has 0 radical (unpaired) electrons. The molecule has 1 spiro atoms. The van der Waals surface area contributed by atoms with Crippen molar-refractivity contribution < 1.29 is 14.1 Å². The van der Waals surface area contributed by atoms with Crippen LogP contribution in [-0.4, -0.2) is 42.6 Å². The van der Waals surface area contributed by atoms with E-state index in [1.54, 1.807) is 11.1 Å². The van der Waals surface area contributed by atoms with Crippen LogP contribution in [-0.2, 0) is 17.4 Å². The Morgan fingerprint density at radius 2 is 2.00 bits per heavy atom. The van der Waals surface area contributed by atoms with Gasteiger partial charge in [-0.05, 0) is 68.1 Å². The normalized spacial score (nSPS) is 29.0. The number of likely N-dealkylation sites (tertiary alicyclic amines) is 1. The Morgan fingerprint density at radius 3 is 2.57 bits per heavy atom. The first-order valence-corrected chi connectivity index (χ1v) is 11.1. The first-order valence-electron chi connectivity index (χ1n) is 9.95. The molecule has 0 aromatic carbocycles. The van der Waals surface area contributed by atoms with Crippen molar-refractivity contribution in [2.75, 3.05) is 6.54 Å². The van der Waals surface area contributed by atoms with E-state index in [9.17, 15) is 14.1 Å². The van der Waals surface area contributed by atoms with Gasteiger partial charge in [0.25, 0.3) is 0 Å². The highest BCUT2D eigenvalue weighted by Crippen LogP contribution is 2.55. The fourth-order valence-corrected chi connectivity index (χ4v) is 5.62. The van der Waals surface area contributed by atoms with Crippen molar-refractivity contribution in [3.63, 3.8) is 0 Å². The summed E-state index contributed by atoms with van der Waals surface area (Å²) in [7, 11) is -1.21. The lowest BCUT2D eigenvalue weighted by molar-refractivity contribution is -0.00497. The summed E-state index contributed by atoms with van der Waals surface area (Å²) >= 11 is 0. The zero-order chi connectivity index (χ0) is 20.9. The molecule has 4 atom stereocenters. The van der Waals surface area contributed by atoms with Crippen molar-refractivity contribution in [1.82, 2.24) is 14.6 Å². The number of pyridine rings is 1. The lowest BCUT2D eigenvalue weighted by Gasteiger charge is -2.51. The van der Waals surface area contributed by atoms with Crippen LogP contribution in [0.1, 0.15) is 71.6 Å². The van der Waals surface area contributed by atoms with Crippen molar-refractivity contribution in [2.45, 2.75) is 77.6 Å². The second-order valence-corrected chi connectivity index (χ2v) is 12.4. The van der Waals surface area contributed by atoms with Crippen molar-refractivity contribution >= 4 is 17.1 Å². The molecular weight excluding hydrogens is 374 g/mol. The molecule has 3 rings (SSSR count). The molecule has 2 heterocycles. The van der Waals surface area contributed by atoms with E-state index < -0.39 is 17.1 Å². The SMILES string of the molecule is CC(C)(C)[C@@H]1CC2(CCN1C(=O)O)Cc1cnccc1C2N[S@](=O)C(C)(C)C. The van der Waals surface area contributed by atoms with E-state index in [0.29, 0.717) is 6.54 Å². The van der Waals surface area contributed by atoms with Gasteiger partial charge in [0.05, 0.1) is 21.8 Å². The third-order valence-electron chi connectivity index (χ3n) is 6.26. The zero-order valence-corrected chi connectivity index (χ0v) is 18.6. The Bertz CT molecular complexity index is 784. The molecule has 1 aliphatic carbocycles. The average molecular weight is 408 g/mol. The molecule has 1 aromatic heterocycles. The van der Waals surface area contributed by atoms with Gasteiger partial charge in [0.15, 0.2) is 0 Å².